The summed E-state index contributed by atoms with van der Waals surface area (Å²) in [7, 11) is 0. The van der Waals surface area contributed by atoms with Crippen molar-refractivity contribution in [3.8, 4) is 11.1 Å². The second-order valence-electron chi connectivity index (χ2n) is 7.63. The van der Waals surface area contributed by atoms with Gasteiger partial charge in [-0.05, 0) is 35.9 Å². The summed E-state index contributed by atoms with van der Waals surface area (Å²) in [6.45, 7) is 3.62. The molecule has 0 N–H and O–H groups in total. The monoisotopic (exact) mass is 380 g/mol. The Bertz CT molecular complexity index is 1030. The molecule has 2 atom stereocenters. The molecule has 5 heteroatoms. The van der Waals surface area contributed by atoms with Gasteiger partial charge in [-0.25, -0.2) is 4.39 Å². The molecular weight excluding hydrogens is 359 g/mol. The standard InChI is InChI=1S/C22H21FN2OS/c23-20-6-2-1-5-18(20)19-7-8-21(26)25-12-15-10-16(22(19)25)13-24(11-15)14-17-4-3-9-27-17/h1-9,15-16H,10-14H2/t15-,16+/m0/s1. The average molecular weight is 380 g/mol. The van der Waals surface area contributed by atoms with Gasteiger partial charge in [-0.15, -0.1) is 11.3 Å². The number of thiophene rings is 1. The largest absolute Gasteiger partial charge is 0.311 e. The van der Waals surface area contributed by atoms with Crippen LogP contribution in [-0.4, -0.2) is 22.6 Å². The van der Waals surface area contributed by atoms with Gasteiger partial charge in [0.2, 0.25) is 0 Å². The van der Waals surface area contributed by atoms with Crippen molar-refractivity contribution < 1.29 is 4.39 Å². The lowest BCUT2D eigenvalue weighted by Crippen LogP contribution is -2.46. The van der Waals surface area contributed by atoms with Gasteiger partial charge in [-0.2, -0.15) is 0 Å². The van der Waals surface area contributed by atoms with E-state index in [9.17, 15) is 9.18 Å². The number of hydrogen-bond acceptors (Lipinski definition) is 3. The molecule has 2 bridgehead atoms. The van der Waals surface area contributed by atoms with Gasteiger partial charge in [0.25, 0.3) is 5.56 Å². The van der Waals surface area contributed by atoms with Crippen molar-refractivity contribution in [2.45, 2.75) is 25.4 Å². The highest BCUT2D eigenvalue weighted by molar-refractivity contribution is 7.09. The first-order valence-electron chi connectivity index (χ1n) is 9.42. The second kappa shape index (κ2) is 6.73. The SMILES string of the molecule is O=c1ccc(-c2ccccc2F)c2n1C[C@H]1C[C@@H]2CN(Cc2cccs2)C1. The van der Waals surface area contributed by atoms with Crippen LogP contribution in [0.1, 0.15) is 22.9 Å². The molecule has 2 aliphatic rings. The minimum Gasteiger partial charge on any atom is -0.311 e. The maximum absolute atomic E-state index is 14.5. The summed E-state index contributed by atoms with van der Waals surface area (Å²) in [6.07, 6.45) is 1.08. The molecular formula is C22H21FN2OS. The van der Waals surface area contributed by atoms with Crippen molar-refractivity contribution in [1.29, 1.82) is 0 Å². The van der Waals surface area contributed by atoms with E-state index in [1.54, 1.807) is 23.5 Å². The van der Waals surface area contributed by atoms with Crippen molar-refractivity contribution in [3.05, 3.63) is 80.7 Å². The number of fused-ring (bicyclic) bond motifs is 4. The highest BCUT2D eigenvalue weighted by atomic mass is 32.1. The van der Waals surface area contributed by atoms with Crippen molar-refractivity contribution in [2.75, 3.05) is 13.1 Å². The quantitative estimate of drug-likeness (QED) is 0.676. The van der Waals surface area contributed by atoms with Crippen molar-refractivity contribution in [2.24, 2.45) is 5.92 Å². The molecule has 0 spiro atoms. The van der Waals surface area contributed by atoms with Gasteiger partial charge < -0.3 is 4.57 Å². The molecule has 0 unspecified atom stereocenters. The minimum atomic E-state index is -0.229. The van der Waals surface area contributed by atoms with Crippen LogP contribution in [0.25, 0.3) is 11.1 Å². The zero-order valence-electron chi connectivity index (χ0n) is 15.0. The zero-order valence-corrected chi connectivity index (χ0v) is 15.8. The molecule has 0 saturated carbocycles. The van der Waals surface area contributed by atoms with E-state index < -0.39 is 0 Å². The molecule has 2 aliphatic heterocycles. The van der Waals surface area contributed by atoms with Gasteiger partial charge in [-0.1, -0.05) is 24.3 Å². The number of rotatable bonds is 3. The van der Waals surface area contributed by atoms with E-state index in [4.69, 9.17) is 0 Å². The lowest BCUT2D eigenvalue weighted by atomic mass is 9.80. The number of nitrogens with zero attached hydrogens (tertiary/aromatic N) is 2. The van der Waals surface area contributed by atoms with Crippen LogP contribution >= 0.6 is 11.3 Å². The molecule has 138 valence electrons. The van der Waals surface area contributed by atoms with Gasteiger partial charge in [0.1, 0.15) is 5.82 Å². The number of halogens is 1. The van der Waals surface area contributed by atoms with Crippen LogP contribution in [0.5, 0.6) is 0 Å². The van der Waals surface area contributed by atoms with Crippen LogP contribution < -0.4 is 5.56 Å². The van der Waals surface area contributed by atoms with Gasteiger partial charge >= 0.3 is 0 Å². The van der Waals surface area contributed by atoms with Crippen LogP contribution in [-0.2, 0) is 13.1 Å². The van der Waals surface area contributed by atoms with Crippen molar-refractivity contribution in [1.82, 2.24) is 9.47 Å². The Labute approximate surface area is 161 Å². The number of aromatic nitrogens is 1. The minimum absolute atomic E-state index is 0.0338. The molecule has 1 aromatic carbocycles. The fourth-order valence-electron chi connectivity index (χ4n) is 4.77. The topological polar surface area (TPSA) is 25.2 Å². The van der Waals surface area contributed by atoms with Gasteiger partial charge in [0, 0.05) is 59.9 Å². The van der Waals surface area contributed by atoms with Crippen molar-refractivity contribution in [3.63, 3.8) is 0 Å². The summed E-state index contributed by atoms with van der Waals surface area (Å²) < 4.78 is 16.4. The van der Waals surface area contributed by atoms with Crippen LogP contribution in [0.4, 0.5) is 4.39 Å². The summed E-state index contributed by atoms with van der Waals surface area (Å²) in [5, 5.41) is 2.12. The first-order valence-corrected chi connectivity index (χ1v) is 10.3. The molecule has 3 nitrogen and oxygen atoms in total. The lowest BCUT2D eigenvalue weighted by Gasteiger charge is -2.43. The molecule has 3 aromatic rings. The third-order valence-corrected chi connectivity index (χ3v) is 6.65. The summed E-state index contributed by atoms with van der Waals surface area (Å²) in [5.41, 5.74) is 2.51. The maximum atomic E-state index is 14.5. The van der Waals surface area contributed by atoms with E-state index in [1.165, 1.54) is 10.9 Å². The van der Waals surface area contributed by atoms with E-state index in [2.05, 4.69) is 22.4 Å². The molecule has 0 amide bonds. The second-order valence-corrected chi connectivity index (χ2v) is 8.67. The molecule has 4 heterocycles. The normalized spacial score (nSPS) is 21.8. The summed E-state index contributed by atoms with van der Waals surface area (Å²) >= 11 is 1.79. The van der Waals surface area contributed by atoms with Gasteiger partial charge in [0.05, 0.1) is 0 Å². The number of likely N-dealkylation sites (tertiary alicyclic amines) is 1. The molecule has 27 heavy (non-hydrogen) atoms. The Kier molecular flexibility index (Phi) is 4.21. The number of piperidine rings is 1. The number of benzene rings is 1. The van der Waals surface area contributed by atoms with E-state index in [-0.39, 0.29) is 17.3 Å². The third kappa shape index (κ3) is 3.05. The Morgan fingerprint density at radius 1 is 1.00 bits per heavy atom. The Balaban J connectivity index is 1.56. The number of hydrogen-bond donors (Lipinski definition) is 0. The van der Waals surface area contributed by atoms with E-state index in [0.717, 1.165) is 43.9 Å². The van der Waals surface area contributed by atoms with E-state index >= 15 is 0 Å². The maximum Gasteiger partial charge on any atom is 0.250 e. The third-order valence-electron chi connectivity index (χ3n) is 5.79. The van der Waals surface area contributed by atoms with Crippen LogP contribution in [0, 0.1) is 11.7 Å². The van der Waals surface area contributed by atoms with E-state index in [1.807, 2.05) is 22.8 Å². The van der Waals surface area contributed by atoms with Crippen LogP contribution in [0.2, 0.25) is 0 Å². The first-order chi connectivity index (χ1) is 13.2. The molecule has 0 aliphatic carbocycles. The van der Waals surface area contributed by atoms with Crippen molar-refractivity contribution >= 4 is 11.3 Å². The molecule has 5 rings (SSSR count). The average Bonchev–Trinajstić information content (AvgIpc) is 3.16. The lowest BCUT2D eigenvalue weighted by molar-refractivity contribution is 0.115. The summed E-state index contributed by atoms with van der Waals surface area (Å²) in [4.78, 5) is 16.4. The highest BCUT2D eigenvalue weighted by Gasteiger charge is 2.36. The fraction of sp³-hybridized carbons (Fsp3) is 0.318. The highest BCUT2D eigenvalue weighted by Crippen LogP contribution is 2.40. The first kappa shape index (κ1) is 16.9. The molecule has 0 radical (unpaired) electrons. The molecule has 1 fully saturated rings. The van der Waals surface area contributed by atoms with E-state index in [0.29, 0.717) is 11.5 Å². The summed E-state index contributed by atoms with van der Waals surface area (Å²) in [5.74, 6) is 0.512. The zero-order chi connectivity index (χ0) is 18.4. The predicted octanol–water partition coefficient (Wildman–Crippen LogP) is 4.34. The fourth-order valence-corrected chi connectivity index (χ4v) is 5.52. The molecule has 2 aromatic heterocycles. The van der Waals surface area contributed by atoms with Gasteiger partial charge in [-0.3, -0.25) is 9.69 Å². The Morgan fingerprint density at radius 2 is 1.89 bits per heavy atom. The summed E-state index contributed by atoms with van der Waals surface area (Å²) in [6, 6.07) is 14.5. The van der Waals surface area contributed by atoms with Crippen LogP contribution in [0.3, 0.4) is 0 Å². The number of pyridine rings is 1. The Morgan fingerprint density at radius 3 is 2.70 bits per heavy atom. The predicted molar refractivity (Wildman–Crippen MR) is 107 cm³/mol. The molecule has 1 saturated heterocycles. The smallest absolute Gasteiger partial charge is 0.250 e. The van der Waals surface area contributed by atoms with Gasteiger partial charge in [0.15, 0.2) is 0 Å². The van der Waals surface area contributed by atoms with Crippen LogP contribution in [0.15, 0.2) is 58.7 Å². The Hall–Kier alpha value is -2.24.